The lowest BCUT2D eigenvalue weighted by Gasteiger charge is -2.10. The Morgan fingerprint density at radius 2 is 1.76 bits per heavy atom. The second kappa shape index (κ2) is 8.69. The van der Waals surface area contributed by atoms with E-state index in [2.05, 4.69) is 15.6 Å². The number of hydrogen-bond donors (Lipinski definition) is 0. The van der Waals surface area contributed by atoms with Gasteiger partial charge in [0.1, 0.15) is 0 Å². The third-order valence-electron chi connectivity index (χ3n) is 4.71. The standard InChI is InChI=1S/C24H24N2O3/c1-5-29-24(28)19-9-11-23(12-10-19)26-16(2)13-21(17(26)3)15-25-22-8-6-7-20(14-22)18(4)27/h6-15H,5H2,1-4H3. The molecule has 1 heterocycles. The topological polar surface area (TPSA) is 60.7 Å². The molecular weight excluding hydrogens is 364 g/mol. The highest BCUT2D eigenvalue weighted by Gasteiger charge is 2.11. The number of aryl methyl sites for hydroxylation is 1. The summed E-state index contributed by atoms with van der Waals surface area (Å²) in [6.45, 7) is 7.75. The lowest BCUT2D eigenvalue weighted by Crippen LogP contribution is -2.05. The van der Waals surface area contributed by atoms with Crippen LogP contribution in [0.2, 0.25) is 0 Å². The molecular formula is C24H24N2O3. The maximum absolute atomic E-state index is 11.8. The number of aromatic nitrogens is 1. The van der Waals surface area contributed by atoms with Crippen LogP contribution in [0.1, 0.15) is 51.5 Å². The summed E-state index contributed by atoms with van der Waals surface area (Å²) in [5, 5.41) is 0. The van der Waals surface area contributed by atoms with Crippen molar-refractivity contribution in [2.75, 3.05) is 6.61 Å². The van der Waals surface area contributed by atoms with Crippen molar-refractivity contribution in [3.8, 4) is 5.69 Å². The average Bonchev–Trinajstić information content (AvgIpc) is 3.00. The number of rotatable bonds is 6. The van der Waals surface area contributed by atoms with Gasteiger partial charge in [0.05, 0.1) is 17.9 Å². The van der Waals surface area contributed by atoms with Crippen LogP contribution < -0.4 is 0 Å². The fraction of sp³-hybridized carbons (Fsp3) is 0.208. The van der Waals surface area contributed by atoms with Gasteiger partial charge in [-0.2, -0.15) is 0 Å². The van der Waals surface area contributed by atoms with Crippen LogP contribution >= 0.6 is 0 Å². The number of aliphatic imine (C=N–C) groups is 1. The summed E-state index contributed by atoms with van der Waals surface area (Å²) < 4.78 is 7.15. The van der Waals surface area contributed by atoms with E-state index >= 15 is 0 Å². The maximum Gasteiger partial charge on any atom is 0.338 e. The van der Waals surface area contributed by atoms with Crippen molar-refractivity contribution in [2.24, 2.45) is 4.99 Å². The number of ether oxygens (including phenoxy) is 1. The molecule has 0 fully saturated rings. The predicted octanol–water partition coefficient (Wildman–Crippen LogP) is 5.22. The zero-order valence-electron chi connectivity index (χ0n) is 17.1. The van der Waals surface area contributed by atoms with E-state index < -0.39 is 0 Å². The van der Waals surface area contributed by atoms with Crippen LogP contribution in [0.3, 0.4) is 0 Å². The first-order chi connectivity index (χ1) is 13.9. The monoisotopic (exact) mass is 388 g/mol. The Hall–Kier alpha value is -3.47. The van der Waals surface area contributed by atoms with Crippen molar-refractivity contribution in [1.29, 1.82) is 0 Å². The molecule has 2 aromatic carbocycles. The zero-order valence-corrected chi connectivity index (χ0v) is 17.1. The number of esters is 1. The van der Waals surface area contributed by atoms with Gasteiger partial charge >= 0.3 is 5.97 Å². The van der Waals surface area contributed by atoms with Crippen molar-refractivity contribution < 1.29 is 14.3 Å². The van der Waals surface area contributed by atoms with E-state index in [-0.39, 0.29) is 11.8 Å². The van der Waals surface area contributed by atoms with Crippen molar-refractivity contribution in [1.82, 2.24) is 4.57 Å². The lowest BCUT2D eigenvalue weighted by molar-refractivity contribution is 0.0526. The first kappa shape index (κ1) is 20.3. The summed E-state index contributed by atoms with van der Waals surface area (Å²) in [7, 11) is 0. The van der Waals surface area contributed by atoms with Crippen LogP contribution in [0.5, 0.6) is 0 Å². The summed E-state index contributed by atoms with van der Waals surface area (Å²) >= 11 is 0. The van der Waals surface area contributed by atoms with Gasteiger partial charge in [-0.1, -0.05) is 12.1 Å². The Balaban J connectivity index is 1.88. The van der Waals surface area contributed by atoms with Gasteiger partial charge in [-0.3, -0.25) is 9.79 Å². The molecule has 0 aliphatic rings. The molecule has 0 aliphatic heterocycles. The second-order valence-electron chi connectivity index (χ2n) is 6.79. The second-order valence-corrected chi connectivity index (χ2v) is 6.79. The molecule has 3 rings (SSSR count). The van der Waals surface area contributed by atoms with E-state index in [1.54, 1.807) is 38.1 Å². The summed E-state index contributed by atoms with van der Waals surface area (Å²) in [6, 6.07) is 16.7. The molecule has 3 aromatic rings. The van der Waals surface area contributed by atoms with E-state index in [4.69, 9.17) is 4.74 Å². The molecule has 0 saturated heterocycles. The third kappa shape index (κ3) is 4.51. The maximum atomic E-state index is 11.8. The molecule has 148 valence electrons. The Labute approximate surface area is 170 Å². The van der Waals surface area contributed by atoms with Crippen molar-refractivity contribution in [2.45, 2.75) is 27.7 Å². The summed E-state index contributed by atoms with van der Waals surface area (Å²) in [6.07, 6.45) is 1.81. The molecule has 0 spiro atoms. The molecule has 0 atom stereocenters. The number of carbonyl (C=O) groups is 2. The number of benzene rings is 2. The highest BCUT2D eigenvalue weighted by atomic mass is 16.5. The highest BCUT2D eigenvalue weighted by Crippen LogP contribution is 2.22. The van der Waals surface area contributed by atoms with Crippen LogP contribution in [0.4, 0.5) is 5.69 Å². The SMILES string of the molecule is CCOC(=O)c1ccc(-n2c(C)cc(C=Nc3cccc(C(C)=O)c3)c2C)cc1. The van der Waals surface area contributed by atoms with Gasteiger partial charge in [0, 0.05) is 34.4 Å². The Morgan fingerprint density at radius 3 is 2.41 bits per heavy atom. The Kier molecular flexibility index (Phi) is 6.07. The largest absolute Gasteiger partial charge is 0.462 e. The molecule has 0 bridgehead atoms. The third-order valence-corrected chi connectivity index (χ3v) is 4.71. The van der Waals surface area contributed by atoms with E-state index in [1.807, 2.05) is 44.3 Å². The number of nitrogens with zero attached hydrogens (tertiary/aromatic N) is 2. The van der Waals surface area contributed by atoms with Crippen LogP contribution in [0.15, 0.2) is 59.6 Å². The van der Waals surface area contributed by atoms with Gasteiger partial charge in [-0.15, -0.1) is 0 Å². The Morgan fingerprint density at radius 1 is 1.03 bits per heavy atom. The summed E-state index contributed by atoms with van der Waals surface area (Å²) in [5.41, 5.74) is 5.97. The number of carbonyl (C=O) groups excluding carboxylic acids is 2. The fourth-order valence-electron chi connectivity index (χ4n) is 3.23. The first-order valence-corrected chi connectivity index (χ1v) is 9.52. The van der Waals surface area contributed by atoms with E-state index in [0.29, 0.717) is 17.7 Å². The number of hydrogen-bond acceptors (Lipinski definition) is 4. The van der Waals surface area contributed by atoms with Gasteiger partial charge in [-0.25, -0.2) is 4.79 Å². The average molecular weight is 388 g/mol. The summed E-state index contributed by atoms with van der Waals surface area (Å²) in [4.78, 5) is 27.9. The zero-order chi connectivity index (χ0) is 21.0. The molecule has 0 unspecified atom stereocenters. The highest BCUT2D eigenvalue weighted by molar-refractivity contribution is 5.95. The van der Waals surface area contributed by atoms with Gasteiger partial charge in [0.2, 0.25) is 0 Å². The minimum atomic E-state index is -0.319. The fourth-order valence-corrected chi connectivity index (χ4v) is 3.23. The molecule has 5 heteroatoms. The molecule has 0 saturated carbocycles. The molecule has 0 radical (unpaired) electrons. The Bertz CT molecular complexity index is 1080. The minimum absolute atomic E-state index is 0.0199. The molecule has 1 aromatic heterocycles. The van der Waals surface area contributed by atoms with Gasteiger partial charge in [0.15, 0.2) is 5.78 Å². The number of Topliss-reactive ketones (excluding diaryl/α,β-unsaturated/α-hetero) is 1. The van der Waals surface area contributed by atoms with Gasteiger partial charge in [-0.05, 0) is 70.2 Å². The normalized spacial score (nSPS) is 11.0. The van der Waals surface area contributed by atoms with E-state index in [9.17, 15) is 9.59 Å². The molecule has 0 aliphatic carbocycles. The first-order valence-electron chi connectivity index (χ1n) is 9.52. The molecule has 29 heavy (non-hydrogen) atoms. The smallest absolute Gasteiger partial charge is 0.338 e. The summed E-state index contributed by atoms with van der Waals surface area (Å²) in [5.74, 6) is -0.299. The van der Waals surface area contributed by atoms with Gasteiger partial charge in [0.25, 0.3) is 0 Å². The number of ketones is 1. The van der Waals surface area contributed by atoms with E-state index in [0.717, 1.165) is 28.3 Å². The lowest BCUT2D eigenvalue weighted by atomic mass is 10.1. The predicted molar refractivity (Wildman–Crippen MR) is 115 cm³/mol. The van der Waals surface area contributed by atoms with Crippen LogP contribution in [0.25, 0.3) is 5.69 Å². The van der Waals surface area contributed by atoms with Crippen molar-refractivity contribution in [3.63, 3.8) is 0 Å². The van der Waals surface area contributed by atoms with Crippen molar-refractivity contribution in [3.05, 3.63) is 82.7 Å². The van der Waals surface area contributed by atoms with Crippen LogP contribution in [-0.2, 0) is 4.74 Å². The van der Waals surface area contributed by atoms with E-state index in [1.165, 1.54) is 0 Å². The van der Waals surface area contributed by atoms with Gasteiger partial charge < -0.3 is 9.30 Å². The molecule has 0 amide bonds. The van der Waals surface area contributed by atoms with Crippen LogP contribution in [-0.4, -0.2) is 29.1 Å². The van der Waals surface area contributed by atoms with Crippen molar-refractivity contribution >= 4 is 23.7 Å². The molecule has 5 nitrogen and oxygen atoms in total. The quantitative estimate of drug-likeness (QED) is 0.330. The molecule has 0 N–H and O–H groups in total. The van der Waals surface area contributed by atoms with Crippen LogP contribution in [0, 0.1) is 13.8 Å². The minimum Gasteiger partial charge on any atom is -0.462 e.